The van der Waals surface area contributed by atoms with Crippen molar-refractivity contribution in [1.82, 2.24) is 9.88 Å². The zero-order valence-corrected chi connectivity index (χ0v) is 9.34. The summed E-state index contributed by atoms with van der Waals surface area (Å²) in [4.78, 5) is 8.75. The Balaban J connectivity index is 1.96. The molecule has 0 aliphatic carbocycles. The Morgan fingerprint density at radius 3 is 2.69 bits per heavy atom. The standard InChI is InChI=1S/C11H18N4O/c12-10-2-1-3-13-11(10)15-6-4-14(5-7-15)8-9-16/h1-3,16H,4-9,12H2. The third-order valence-corrected chi connectivity index (χ3v) is 2.90. The van der Waals surface area contributed by atoms with Crippen molar-refractivity contribution in [2.45, 2.75) is 0 Å². The average Bonchev–Trinajstić information content (AvgIpc) is 2.31. The number of aromatic nitrogens is 1. The van der Waals surface area contributed by atoms with Crippen LogP contribution in [-0.4, -0.2) is 54.3 Å². The number of anilines is 2. The van der Waals surface area contributed by atoms with Crippen LogP contribution in [0.4, 0.5) is 11.5 Å². The zero-order chi connectivity index (χ0) is 11.4. The van der Waals surface area contributed by atoms with Gasteiger partial charge in [-0.25, -0.2) is 4.98 Å². The zero-order valence-electron chi connectivity index (χ0n) is 9.34. The monoisotopic (exact) mass is 222 g/mol. The maximum Gasteiger partial charge on any atom is 0.151 e. The molecule has 88 valence electrons. The van der Waals surface area contributed by atoms with Crippen LogP contribution in [-0.2, 0) is 0 Å². The summed E-state index contributed by atoms with van der Waals surface area (Å²) in [5, 5.41) is 8.86. The Hall–Kier alpha value is -1.33. The van der Waals surface area contributed by atoms with Crippen LogP contribution in [0.1, 0.15) is 0 Å². The van der Waals surface area contributed by atoms with Crippen LogP contribution in [0.5, 0.6) is 0 Å². The van der Waals surface area contributed by atoms with Crippen LogP contribution in [0.25, 0.3) is 0 Å². The number of piperazine rings is 1. The Kier molecular flexibility index (Phi) is 3.58. The summed E-state index contributed by atoms with van der Waals surface area (Å²) in [7, 11) is 0. The quantitative estimate of drug-likeness (QED) is 0.740. The number of β-amino-alcohol motifs (C(OH)–C–C–N with tert-alkyl or cyclic N) is 1. The number of rotatable bonds is 3. The first kappa shape index (κ1) is 11.2. The fourth-order valence-electron chi connectivity index (χ4n) is 2.00. The number of pyridine rings is 1. The van der Waals surface area contributed by atoms with Crippen LogP contribution >= 0.6 is 0 Å². The van der Waals surface area contributed by atoms with Gasteiger partial charge < -0.3 is 15.7 Å². The van der Waals surface area contributed by atoms with E-state index in [9.17, 15) is 0 Å². The fraction of sp³-hybridized carbons (Fsp3) is 0.545. The molecule has 0 radical (unpaired) electrons. The Labute approximate surface area is 95.5 Å². The lowest BCUT2D eigenvalue weighted by Gasteiger charge is -2.35. The molecule has 0 unspecified atom stereocenters. The topological polar surface area (TPSA) is 65.6 Å². The molecular formula is C11H18N4O. The predicted octanol–water partition coefficient (Wildman–Crippen LogP) is -0.222. The van der Waals surface area contributed by atoms with E-state index < -0.39 is 0 Å². The van der Waals surface area contributed by atoms with Gasteiger partial charge in [0.2, 0.25) is 0 Å². The van der Waals surface area contributed by atoms with Crippen LogP contribution in [0.3, 0.4) is 0 Å². The van der Waals surface area contributed by atoms with Gasteiger partial charge in [0.25, 0.3) is 0 Å². The second-order valence-electron chi connectivity index (χ2n) is 3.97. The molecule has 3 N–H and O–H groups in total. The molecule has 0 spiro atoms. The van der Waals surface area contributed by atoms with Crippen molar-refractivity contribution in [3.05, 3.63) is 18.3 Å². The molecule has 1 aliphatic rings. The largest absolute Gasteiger partial charge is 0.396 e. The summed E-state index contributed by atoms with van der Waals surface area (Å²) in [5.41, 5.74) is 6.62. The van der Waals surface area contributed by atoms with Crippen molar-refractivity contribution < 1.29 is 5.11 Å². The van der Waals surface area contributed by atoms with Crippen molar-refractivity contribution in [3.8, 4) is 0 Å². The minimum absolute atomic E-state index is 0.228. The van der Waals surface area contributed by atoms with Crippen molar-refractivity contribution in [3.63, 3.8) is 0 Å². The van der Waals surface area contributed by atoms with Crippen molar-refractivity contribution >= 4 is 11.5 Å². The predicted molar refractivity (Wildman–Crippen MR) is 64.4 cm³/mol. The molecule has 0 bridgehead atoms. The molecule has 2 rings (SSSR count). The van der Waals surface area contributed by atoms with E-state index in [1.54, 1.807) is 6.20 Å². The maximum atomic E-state index is 8.86. The SMILES string of the molecule is Nc1cccnc1N1CCN(CCO)CC1. The van der Waals surface area contributed by atoms with E-state index in [-0.39, 0.29) is 6.61 Å². The van der Waals surface area contributed by atoms with Gasteiger partial charge in [0.05, 0.1) is 12.3 Å². The molecule has 1 aliphatic heterocycles. The van der Waals surface area contributed by atoms with Crippen molar-refractivity contribution in [2.24, 2.45) is 0 Å². The highest BCUT2D eigenvalue weighted by atomic mass is 16.3. The molecule has 1 fully saturated rings. The fourth-order valence-corrected chi connectivity index (χ4v) is 2.00. The lowest BCUT2D eigenvalue weighted by Crippen LogP contribution is -2.47. The summed E-state index contributed by atoms with van der Waals surface area (Å²) in [6.07, 6.45) is 1.77. The molecule has 0 amide bonds. The third-order valence-electron chi connectivity index (χ3n) is 2.90. The maximum absolute atomic E-state index is 8.86. The minimum Gasteiger partial charge on any atom is -0.396 e. The number of nitrogen functional groups attached to an aromatic ring is 1. The molecule has 0 aromatic carbocycles. The summed E-state index contributed by atoms with van der Waals surface area (Å²) >= 11 is 0. The lowest BCUT2D eigenvalue weighted by atomic mass is 10.3. The molecule has 5 nitrogen and oxygen atoms in total. The molecule has 1 saturated heterocycles. The van der Waals surface area contributed by atoms with Gasteiger partial charge in [0, 0.05) is 38.9 Å². The van der Waals surface area contributed by atoms with Crippen LogP contribution in [0.2, 0.25) is 0 Å². The molecule has 0 atom stereocenters. The number of hydrogen-bond acceptors (Lipinski definition) is 5. The highest BCUT2D eigenvalue weighted by Crippen LogP contribution is 2.20. The first-order valence-electron chi connectivity index (χ1n) is 5.60. The van der Waals surface area contributed by atoms with Crippen molar-refractivity contribution in [2.75, 3.05) is 50.0 Å². The Morgan fingerprint density at radius 2 is 2.06 bits per heavy atom. The molecule has 5 heteroatoms. The number of nitrogens with two attached hydrogens (primary N) is 1. The van der Waals surface area contributed by atoms with Crippen molar-refractivity contribution in [1.29, 1.82) is 0 Å². The molecular weight excluding hydrogens is 204 g/mol. The minimum atomic E-state index is 0.228. The number of hydrogen-bond donors (Lipinski definition) is 2. The summed E-state index contributed by atoms with van der Waals surface area (Å²) < 4.78 is 0. The second-order valence-corrected chi connectivity index (χ2v) is 3.97. The Bertz CT molecular complexity index is 337. The highest BCUT2D eigenvalue weighted by molar-refractivity contribution is 5.62. The van der Waals surface area contributed by atoms with Gasteiger partial charge in [-0.15, -0.1) is 0 Å². The third kappa shape index (κ3) is 2.43. The van der Waals surface area contributed by atoms with Gasteiger partial charge >= 0.3 is 0 Å². The van der Waals surface area contributed by atoms with E-state index in [2.05, 4.69) is 14.8 Å². The molecule has 0 saturated carbocycles. The van der Waals surface area contributed by atoms with Crippen LogP contribution < -0.4 is 10.6 Å². The van der Waals surface area contributed by atoms with E-state index in [0.717, 1.165) is 44.2 Å². The Morgan fingerprint density at radius 1 is 1.31 bits per heavy atom. The highest BCUT2D eigenvalue weighted by Gasteiger charge is 2.18. The van der Waals surface area contributed by atoms with E-state index in [1.807, 2.05) is 12.1 Å². The summed E-state index contributed by atoms with van der Waals surface area (Å²) in [5.74, 6) is 0.881. The van der Waals surface area contributed by atoms with Gasteiger partial charge in [-0.05, 0) is 12.1 Å². The summed E-state index contributed by atoms with van der Waals surface area (Å²) in [6.45, 7) is 4.73. The van der Waals surface area contributed by atoms with E-state index >= 15 is 0 Å². The molecule has 1 aromatic rings. The molecule has 16 heavy (non-hydrogen) atoms. The van der Waals surface area contributed by atoms with Gasteiger partial charge in [0.1, 0.15) is 0 Å². The smallest absolute Gasteiger partial charge is 0.151 e. The number of aliphatic hydroxyl groups is 1. The normalized spacial score (nSPS) is 17.7. The average molecular weight is 222 g/mol. The first-order valence-corrected chi connectivity index (χ1v) is 5.60. The first-order chi connectivity index (χ1) is 7.81. The number of aliphatic hydroxyl groups excluding tert-OH is 1. The van der Waals surface area contributed by atoms with Crippen LogP contribution in [0.15, 0.2) is 18.3 Å². The van der Waals surface area contributed by atoms with Gasteiger partial charge in [0.15, 0.2) is 5.82 Å². The van der Waals surface area contributed by atoms with E-state index in [1.165, 1.54) is 0 Å². The lowest BCUT2D eigenvalue weighted by molar-refractivity contribution is 0.188. The van der Waals surface area contributed by atoms with Crippen LogP contribution in [0, 0.1) is 0 Å². The van der Waals surface area contributed by atoms with Gasteiger partial charge in [-0.2, -0.15) is 0 Å². The number of nitrogens with zero attached hydrogens (tertiary/aromatic N) is 3. The molecule has 2 heterocycles. The second kappa shape index (κ2) is 5.14. The van der Waals surface area contributed by atoms with E-state index in [4.69, 9.17) is 10.8 Å². The summed E-state index contributed by atoms with van der Waals surface area (Å²) in [6, 6.07) is 3.73. The van der Waals surface area contributed by atoms with Gasteiger partial charge in [-0.1, -0.05) is 0 Å². The van der Waals surface area contributed by atoms with Gasteiger partial charge in [-0.3, -0.25) is 4.90 Å². The van der Waals surface area contributed by atoms with E-state index in [0.29, 0.717) is 0 Å². The molecule has 1 aromatic heterocycles.